The summed E-state index contributed by atoms with van der Waals surface area (Å²) in [7, 11) is 9.78. The van der Waals surface area contributed by atoms with E-state index in [1.54, 1.807) is 41.5 Å². The van der Waals surface area contributed by atoms with Gasteiger partial charge in [-0.25, -0.2) is 4.68 Å². The van der Waals surface area contributed by atoms with Crippen LogP contribution in [0.3, 0.4) is 0 Å². The van der Waals surface area contributed by atoms with Crippen LogP contribution < -0.4 is 42.5 Å². The fourth-order valence-electron chi connectivity index (χ4n) is 14.7. The Hall–Kier alpha value is -9.62. The molecule has 1 aliphatic rings. The zero-order valence-electron chi connectivity index (χ0n) is 74.9. The van der Waals surface area contributed by atoms with E-state index in [4.69, 9.17) is 11.6 Å². The molecule has 4 rings (SSSR count). The Morgan fingerprint density at radius 1 is 0.615 bits per heavy atom. The van der Waals surface area contributed by atoms with Crippen LogP contribution in [-0.4, -0.2) is 284 Å². The van der Waals surface area contributed by atoms with Crippen molar-refractivity contribution in [3.63, 3.8) is 0 Å². The van der Waals surface area contributed by atoms with E-state index in [1.807, 2.05) is 55.4 Å². The van der Waals surface area contributed by atoms with Gasteiger partial charge < -0.3 is 81.9 Å². The zero-order valence-corrected chi connectivity index (χ0v) is 75.7. The molecule has 122 heavy (non-hydrogen) atoms. The number of alkyl halides is 3. The average molecular weight is 1740 g/mol. The van der Waals surface area contributed by atoms with Gasteiger partial charge in [-0.2, -0.15) is 18.3 Å². The Labute approximate surface area is 720 Å². The number of hydrogen-bond acceptors (Lipinski definition) is 19. The Bertz CT molecular complexity index is 4110. The fourth-order valence-corrected chi connectivity index (χ4v) is 15.0. The van der Waals surface area contributed by atoms with E-state index in [1.165, 1.54) is 130 Å². The summed E-state index contributed by atoms with van der Waals surface area (Å²) in [5.74, 6) is -12.4. The number of aromatic nitrogens is 2. The highest BCUT2D eigenvalue weighted by Gasteiger charge is 2.47. The molecule has 682 valence electrons. The molecule has 1 fully saturated rings. The predicted molar refractivity (Wildman–Crippen MR) is 457 cm³/mol. The normalized spacial score (nSPS) is 23.5. The lowest BCUT2D eigenvalue weighted by Gasteiger charge is -2.41. The first-order chi connectivity index (χ1) is 56.7. The van der Waals surface area contributed by atoms with E-state index < -0.39 is 198 Å². The SMILES string of the molecule is C=CC(=O)Nc1cc(Cl)cc(NC(=O)c2cnn(-c3ccc(C(=O)NCCNC(=O)CCC[C@@H](C)[C@@H](O)[C@H]4C(=O)N[C@@H](CC)C(=O)N(C)CC(=O)N(C)[C@@H](CC(C)C)C(O)N[C@@H](C(C)C)C(O)N(C)[C@@H](CC(C)C)C(=O)N[C@@H](C)C(=O)N[C@H](C)C(=O)N(C)[C@@H](CC(C)C)C(=O)N(C)[C@@H](CC(C)C)C(=O)N(C)[C@@H](C(C)C)C(=O)N4C)cc3)c2C(F)(F)F)c1. The first-order valence-electron chi connectivity index (χ1n) is 41.6. The van der Waals surface area contributed by atoms with E-state index in [-0.39, 0.29) is 116 Å². The standard InChI is InChI=1S/C85H133ClF3N17O16/c1-25-60-80(118)99(18)44-67(109)100(19)61(36-45(3)4)77(115)98-68(49(11)12)83(121)101(20)62(37-46(5)6)76(114)93-52(16)73(111)94-53(17)79(117)102(21)63(38-47(7)8)81(119)103(22)64(39-48(9)10)82(120)104(23)69(50(13)14)84(122)105(24)70(78(116)97-60)71(110)51(15)28-27-29-66(108)90-34-35-91-74(112)54-30-32-58(33-31-54)106-72(85(87,88)89)59(43-92-106)75(113)96-57-41-55(86)40-56(42-57)95-65(107)26-2/h26,30-33,40-43,45-53,60-64,68-71,77,83,98,110,115,121H,2,25,27-29,34-39,44H2,1,3-24H3,(H,90,108)(H,91,112)(H,93,114)(H,94,111)(H,95,107)(H,96,113)(H,97,116)/t51-,52+,53-,60+,61+,62+,63+,64+,68+,69+,70+,71-,77?,83?/m1/s1. The highest BCUT2D eigenvalue weighted by Crippen LogP contribution is 2.36. The van der Waals surface area contributed by atoms with Gasteiger partial charge in [0.15, 0.2) is 5.69 Å². The van der Waals surface area contributed by atoms with Gasteiger partial charge in [-0.05, 0) is 156 Å². The maximum absolute atomic E-state index is 15.6. The highest BCUT2D eigenvalue weighted by molar-refractivity contribution is 6.31. The molecule has 2 aromatic carbocycles. The van der Waals surface area contributed by atoms with Gasteiger partial charge >= 0.3 is 6.18 Å². The summed E-state index contributed by atoms with van der Waals surface area (Å²) in [6, 6.07) is -3.95. The first kappa shape index (κ1) is 105. The minimum atomic E-state index is -5.12. The molecule has 11 N–H and O–H groups in total. The fraction of sp³-hybridized carbons (Fsp3) is 0.647. The second-order valence-electron chi connectivity index (χ2n) is 34.4. The van der Waals surface area contributed by atoms with Crippen LogP contribution in [0.4, 0.5) is 24.5 Å². The number of hydrogen-bond donors (Lipinski definition) is 11. The van der Waals surface area contributed by atoms with Gasteiger partial charge in [0.25, 0.3) is 11.8 Å². The van der Waals surface area contributed by atoms with Crippen LogP contribution in [0.1, 0.15) is 189 Å². The largest absolute Gasteiger partial charge is 0.434 e. The van der Waals surface area contributed by atoms with E-state index in [0.29, 0.717) is 4.68 Å². The zero-order chi connectivity index (χ0) is 92.7. The number of aliphatic hydroxyl groups excluding tert-OH is 3. The predicted octanol–water partition coefficient (Wildman–Crippen LogP) is 5.84. The number of nitrogens with one attached hydrogen (secondary N) is 8. The monoisotopic (exact) mass is 1740 g/mol. The van der Waals surface area contributed by atoms with Crippen LogP contribution in [0.15, 0.2) is 61.3 Å². The summed E-state index contributed by atoms with van der Waals surface area (Å²) in [4.78, 5) is 194. The Kier molecular flexibility index (Phi) is 40.6. The molecule has 33 nitrogen and oxygen atoms in total. The van der Waals surface area contributed by atoms with Crippen LogP contribution in [0.2, 0.25) is 5.02 Å². The minimum absolute atomic E-state index is 0.00944. The minimum Gasteiger partial charge on any atom is -0.390 e. The number of carbonyl (C=O) groups excluding carboxylic acids is 13. The van der Waals surface area contributed by atoms with Crippen molar-refractivity contribution in [2.45, 2.75) is 247 Å². The lowest BCUT2D eigenvalue weighted by Crippen LogP contribution is -2.63. The summed E-state index contributed by atoms with van der Waals surface area (Å²) in [5.41, 5.74) is -2.37. The van der Waals surface area contributed by atoms with Gasteiger partial charge in [-0.15, -0.1) is 0 Å². The number of anilines is 2. The molecular weight excluding hydrogens is 1610 g/mol. The maximum Gasteiger partial charge on any atom is 0.434 e. The number of amides is 13. The van der Waals surface area contributed by atoms with Gasteiger partial charge in [-0.1, -0.05) is 115 Å². The van der Waals surface area contributed by atoms with Crippen molar-refractivity contribution in [3.8, 4) is 5.69 Å². The number of carbonyl (C=O) groups is 13. The quantitative estimate of drug-likeness (QED) is 0.0332. The Morgan fingerprint density at radius 2 is 1.13 bits per heavy atom. The molecule has 0 aliphatic carbocycles. The van der Waals surface area contributed by atoms with E-state index in [9.17, 15) is 71.6 Å². The molecular formula is C85H133ClF3N17O16. The number of benzene rings is 2. The van der Waals surface area contributed by atoms with Gasteiger partial charge in [0, 0.05) is 83.8 Å². The molecule has 3 aromatic rings. The third-order valence-electron chi connectivity index (χ3n) is 21.8. The lowest BCUT2D eigenvalue weighted by atomic mass is 9.90. The molecule has 14 atom stereocenters. The van der Waals surface area contributed by atoms with E-state index in [0.717, 1.165) is 22.1 Å². The molecule has 13 amide bonds. The van der Waals surface area contributed by atoms with Crippen molar-refractivity contribution >= 4 is 99.8 Å². The molecule has 0 radical (unpaired) electrons. The first-order valence-corrected chi connectivity index (χ1v) is 42.0. The third-order valence-corrected chi connectivity index (χ3v) is 22.0. The number of aliphatic hydroxyl groups is 3. The van der Waals surface area contributed by atoms with E-state index >= 15 is 19.2 Å². The van der Waals surface area contributed by atoms with Crippen molar-refractivity contribution in [1.82, 2.24) is 76.0 Å². The average Bonchev–Trinajstić information content (AvgIpc) is 1.67. The summed E-state index contributed by atoms with van der Waals surface area (Å²) >= 11 is 6.14. The number of rotatable bonds is 26. The van der Waals surface area contributed by atoms with Crippen molar-refractivity contribution in [1.29, 1.82) is 0 Å². The van der Waals surface area contributed by atoms with Crippen LogP contribution in [0, 0.1) is 41.4 Å². The highest BCUT2D eigenvalue weighted by atomic mass is 35.5. The Morgan fingerprint density at radius 3 is 1.66 bits per heavy atom. The van der Waals surface area contributed by atoms with E-state index in [2.05, 4.69) is 54.2 Å². The van der Waals surface area contributed by atoms with Crippen molar-refractivity contribution in [2.24, 2.45) is 41.4 Å². The van der Waals surface area contributed by atoms with Gasteiger partial charge in [0.05, 0.1) is 48.2 Å². The second kappa shape index (κ2) is 47.3. The molecule has 0 saturated carbocycles. The summed E-state index contributed by atoms with van der Waals surface area (Å²) < 4.78 is 44.6. The summed E-state index contributed by atoms with van der Waals surface area (Å²) in [6.45, 7) is 30.3. The molecule has 0 spiro atoms. The number of likely N-dealkylation sites (N-methyl/N-ethyl adjacent to an activating group) is 7. The summed E-state index contributed by atoms with van der Waals surface area (Å²) in [5, 5.41) is 62.3. The van der Waals surface area contributed by atoms with Gasteiger partial charge in [-0.3, -0.25) is 72.5 Å². The lowest BCUT2D eigenvalue weighted by molar-refractivity contribution is -0.157. The molecule has 0 bridgehead atoms. The van der Waals surface area contributed by atoms with Crippen LogP contribution in [0.25, 0.3) is 5.69 Å². The second-order valence-corrected chi connectivity index (χ2v) is 34.8. The molecule has 2 unspecified atom stereocenters. The molecule has 1 aliphatic heterocycles. The molecule has 37 heteroatoms. The van der Waals surface area contributed by atoms with Crippen LogP contribution in [-0.2, 0) is 58.9 Å². The van der Waals surface area contributed by atoms with Gasteiger partial charge in [0.1, 0.15) is 54.7 Å². The molecule has 2 heterocycles. The van der Waals surface area contributed by atoms with Crippen LogP contribution in [0.5, 0.6) is 0 Å². The van der Waals surface area contributed by atoms with Crippen LogP contribution >= 0.6 is 11.6 Å². The van der Waals surface area contributed by atoms with Crippen molar-refractivity contribution < 1.29 is 90.8 Å². The van der Waals surface area contributed by atoms with Gasteiger partial charge in [0.2, 0.25) is 65.0 Å². The number of halogens is 4. The van der Waals surface area contributed by atoms with Crippen molar-refractivity contribution in [3.05, 3.63) is 83.2 Å². The maximum atomic E-state index is 15.6. The third kappa shape index (κ3) is 29.3. The topological polar surface area (TPSA) is 419 Å². The number of nitrogens with zero attached hydrogens (tertiary/aromatic N) is 9. The van der Waals surface area contributed by atoms with Crippen molar-refractivity contribution in [2.75, 3.05) is 79.6 Å². The Balaban J connectivity index is 1.70. The molecule has 1 aromatic heterocycles. The smallest absolute Gasteiger partial charge is 0.390 e. The summed E-state index contributed by atoms with van der Waals surface area (Å²) in [6.07, 6.45) is -7.70. The molecule has 1 saturated heterocycles.